The third kappa shape index (κ3) is 2.98. The number of halogens is 4. The fourth-order valence-corrected chi connectivity index (χ4v) is 2.15. The summed E-state index contributed by atoms with van der Waals surface area (Å²) in [5, 5.41) is 2.59. The second kappa shape index (κ2) is 4.57. The number of thiazole rings is 1. The largest absolute Gasteiger partial charge is 0.298 e. The molecule has 0 aliphatic rings. The highest BCUT2D eigenvalue weighted by molar-refractivity contribution is 7.22. The van der Waals surface area contributed by atoms with Gasteiger partial charge >= 0.3 is 0 Å². The van der Waals surface area contributed by atoms with Gasteiger partial charge in [-0.3, -0.25) is 10.1 Å². The molecule has 0 aliphatic carbocycles. The molecular formula is C9H4Cl3FN2OS. The lowest BCUT2D eigenvalue weighted by molar-refractivity contribution is -0.115. The van der Waals surface area contributed by atoms with E-state index in [2.05, 4.69) is 10.3 Å². The first-order valence-corrected chi connectivity index (χ1v) is 6.25. The number of hydrogen-bond donors (Lipinski definition) is 1. The van der Waals surface area contributed by atoms with Crippen molar-refractivity contribution in [3.63, 3.8) is 0 Å². The van der Waals surface area contributed by atoms with Crippen LogP contribution in [0.25, 0.3) is 10.2 Å². The van der Waals surface area contributed by atoms with E-state index in [0.717, 1.165) is 11.3 Å². The first kappa shape index (κ1) is 12.8. The average Bonchev–Trinajstić information content (AvgIpc) is 2.57. The Hall–Kier alpha value is -0.620. The molecule has 0 atom stereocenters. The molecule has 0 saturated carbocycles. The number of anilines is 1. The Morgan fingerprint density at radius 3 is 2.76 bits per heavy atom. The fourth-order valence-electron chi connectivity index (χ4n) is 1.12. The first-order chi connectivity index (χ1) is 7.86. The van der Waals surface area contributed by atoms with Crippen LogP contribution in [0.4, 0.5) is 9.52 Å². The maximum absolute atomic E-state index is 12.9. The minimum atomic E-state index is -2.05. The number of rotatable bonds is 1. The molecule has 0 radical (unpaired) electrons. The minimum Gasteiger partial charge on any atom is -0.298 e. The minimum absolute atomic E-state index is 0.252. The van der Waals surface area contributed by atoms with Crippen LogP contribution in [0.5, 0.6) is 0 Å². The van der Waals surface area contributed by atoms with E-state index in [4.69, 9.17) is 34.8 Å². The van der Waals surface area contributed by atoms with Crippen molar-refractivity contribution < 1.29 is 9.18 Å². The van der Waals surface area contributed by atoms with Crippen LogP contribution in [0.3, 0.4) is 0 Å². The van der Waals surface area contributed by atoms with Crippen LogP contribution in [0.2, 0.25) is 0 Å². The number of carbonyl (C=O) groups excluding carboxylic acids is 1. The molecule has 0 unspecified atom stereocenters. The number of benzene rings is 1. The van der Waals surface area contributed by atoms with Gasteiger partial charge in [0.2, 0.25) is 0 Å². The maximum atomic E-state index is 12.9. The molecule has 1 aromatic carbocycles. The molecule has 1 N–H and O–H groups in total. The van der Waals surface area contributed by atoms with Crippen molar-refractivity contribution in [1.82, 2.24) is 4.98 Å². The van der Waals surface area contributed by atoms with Crippen molar-refractivity contribution in [3.8, 4) is 0 Å². The lowest BCUT2D eigenvalue weighted by Crippen LogP contribution is -2.26. The van der Waals surface area contributed by atoms with E-state index in [9.17, 15) is 9.18 Å². The second-order valence-corrected chi connectivity index (χ2v) is 6.39. The van der Waals surface area contributed by atoms with Crippen LogP contribution in [0, 0.1) is 5.82 Å². The summed E-state index contributed by atoms with van der Waals surface area (Å²) < 4.78 is 11.5. The van der Waals surface area contributed by atoms with Gasteiger partial charge in [0.1, 0.15) is 5.82 Å². The molecule has 1 aromatic heterocycles. The van der Waals surface area contributed by atoms with Crippen LogP contribution in [-0.4, -0.2) is 14.7 Å². The number of fused-ring (bicyclic) bond motifs is 1. The molecule has 8 heteroatoms. The highest BCUT2D eigenvalue weighted by Crippen LogP contribution is 2.30. The molecule has 0 aliphatic heterocycles. The highest BCUT2D eigenvalue weighted by Gasteiger charge is 2.31. The van der Waals surface area contributed by atoms with E-state index < -0.39 is 9.70 Å². The summed E-state index contributed by atoms with van der Waals surface area (Å²) in [6.45, 7) is 0. The Kier molecular flexibility index (Phi) is 3.45. The molecule has 1 heterocycles. The quantitative estimate of drug-likeness (QED) is 0.815. The van der Waals surface area contributed by atoms with Crippen LogP contribution in [-0.2, 0) is 4.79 Å². The zero-order valence-electron chi connectivity index (χ0n) is 8.01. The Labute approximate surface area is 114 Å². The monoisotopic (exact) mass is 312 g/mol. The van der Waals surface area contributed by atoms with Crippen molar-refractivity contribution in [2.45, 2.75) is 3.79 Å². The SMILES string of the molecule is O=C(Nc1nc2ccc(F)cc2s1)C(Cl)(Cl)Cl. The van der Waals surface area contributed by atoms with Gasteiger partial charge in [-0.1, -0.05) is 46.1 Å². The summed E-state index contributed by atoms with van der Waals surface area (Å²) in [7, 11) is 0. The number of aromatic nitrogens is 1. The maximum Gasteiger partial charge on any atom is 0.278 e. The van der Waals surface area contributed by atoms with Crippen molar-refractivity contribution in [2.24, 2.45) is 0 Å². The summed E-state index contributed by atoms with van der Waals surface area (Å²) in [4.78, 5) is 15.4. The van der Waals surface area contributed by atoms with Gasteiger partial charge < -0.3 is 0 Å². The number of carbonyl (C=O) groups is 1. The van der Waals surface area contributed by atoms with Gasteiger partial charge in [-0.05, 0) is 18.2 Å². The molecule has 2 rings (SSSR count). The lowest BCUT2D eigenvalue weighted by Gasteiger charge is -2.08. The van der Waals surface area contributed by atoms with Gasteiger partial charge in [0.05, 0.1) is 10.2 Å². The molecule has 0 bridgehead atoms. The number of hydrogen-bond acceptors (Lipinski definition) is 3. The third-order valence-corrected chi connectivity index (χ3v) is 3.28. The van der Waals surface area contributed by atoms with E-state index in [1.54, 1.807) is 0 Å². The van der Waals surface area contributed by atoms with E-state index >= 15 is 0 Å². The number of nitrogens with zero attached hydrogens (tertiary/aromatic N) is 1. The predicted molar refractivity (Wildman–Crippen MR) is 68.5 cm³/mol. The summed E-state index contributed by atoms with van der Waals surface area (Å²) >= 11 is 17.3. The molecule has 3 nitrogen and oxygen atoms in total. The van der Waals surface area contributed by atoms with Gasteiger partial charge in [-0.15, -0.1) is 0 Å². The number of nitrogens with one attached hydrogen (secondary N) is 1. The Balaban J connectivity index is 2.29. The smallest absolute Gasteiger partial charge is 0.278 e. The standard InChI is InChI=1S/C9H4Cl3FN2OS/c10-9(11,12)7(16)15-8-14-5-2-1-4(13)3-6(5)17-8/h1-3H,(H,14,15,16). The lowest BCUT2D eigenvalue weighted by atomic mass is 10.3. The van der Waals surface area contributed by atoms with E-state index in [0.29, 0.717) is 10.2 Å². The van der Waals surface area contributed by atoms with E-state index in [1.807, 2.05) is 0 Å². The molecule has 0 spiro atoms. The van der Waals surface area contributed by atoms with Crippen molar-refractivity contribution >= 4 is 67.4 Å². The van der Waals surface area contributed by atoms with E-state index in [1.165, 1.54) is 18.2 Å². The van der Waals surface area contributed by atoms with Gasteiger partial charge in [0, 0.05) is 0 Å². The third-order valence-electron chi connectivity index (χ3n) is 1.83. The van der Waals surface area contributed by atoms with Crippen LogP contribution in [0.1, 0.15) is 0 Å². The van der Waals surface area contributed by atoms with Crippen molar-refractivity contribution in [2.75, 3.05) is 5.32 Å². The Morgan fingerprint density at radius 1 is 1.41 bits per heavy atom. The molecule has 17 heavy (non-hydrogen) atoms. The Bertz CT molecular complexity index is 581. The molecule has 2 aromatic rings. The summed E-state index contributed by atoms with van der Waals surface area (Å²) in [5.41, 5.74) is 0.566. The normalized spacial score (nSPS) is 11.8. The van der Waals surface area contributed by atoms with Crippen LogP contribution < -0.4 is 5.32 Å². The highest BCUT2D eigenvalue weighted by atomic mass is 35.6. The molecule has 0 saturated heterocycles. The van der Waals surface area contributed by atoms with Gasteiger partial charge in [-0.25, -0.2) is 9.37 Å². The summed E-state index contributed by atoms with van der Waals surface area (Å²) in [6, 6.07) is 4.10. The van der Waals surface area contributed by atoms with Gasteiger partial charge in [-0.2, -0.15) is 0 Å². The first-order valence-electron chi connectivity index (χ1n) is 4.30. The zero-order chi connectivity index (χ0) is 12.6. The zero-order valence-corrected chi connectivity index (χ0v) is 11.1. The van der Waals surface area contributed by atoms with Crippen molar-refractivity contribution in [1.29, 1.82) is 0 Å². The Morgan fingerprint density at radius 2 is 2.12 bits per heavy atom. The van der Waals surface area contributed by atoms with Gasteiger partial charge in [0.25, 0.3) is 9.70 Å². The fraction of sp³-hybridized carbons (Fsp3) is 0.111. The van der Waals surface area contributed by atoms with Crippen molar-refractivity contribution in [3.05, 3.63) is 24.0 Å². The van der Waals surface area contributed by atoms with Gasteiger partial charge in [0.15, 0.2) is 5.13 Å². The molecular weight excluding hydrogens is 310 g/mol. The van der Waals surface area contributed by atoms with E-state index in [-0.39, 0.29) is 10.9 Å². The number of amides is 1. The molecule has 1 amide bonds. The van der Waals surface area contributed by atoms with Crippen LogP contribution in [0.15, 0.2) is 18.2 Å². The second-order valence-electron chi connectivity index (χ2n) is 3.08. The number of alkyl halides is 3. The van der Waals surface area contributed by atoms with Crippen LogP contribution >= 0.6 is 46.1 Å². The summed E-state index contributed by atoms with van der Waals surface area (Å²) in [5.74, 6) is -1.18. The molecule has 90 valence electrons. The summed E-state index contributed by atoms with van der Waals surface area (Å²) in [6.07, 6.45) is 0. The molecule has 0 fully saturated rings. The predicted octanol–water partition coefficient (Wildman–Crippen LogP) is 3.74. The average molecular weight is 314 g/mol. The topological polar surface area (TPSA) is 42.0 Å².